The summed E-state index contributed by atoms with van der Waals surface area (Å²) < 4.78 is 5.44. The quantitative estimate of drug-likeness (QED) is 0.617. The van der Waals surface area contributed by atoms with Crippen molar-refractivity contribution in [3.63, 3.8) is 0 Å². The number of rotatable bonds is 6. The SMILES string of the molecule is CNC(=O)c1cc(C(=O)CC2[C@H]3COC[C@@H]23)cc(C(C)c2cccc3[nH]ccc23)n1. The minimum Gasteiger partial charge on any atom is -0.381 e. The number of carbonyl (C=O) groups is 2. The number of carbonyl (C=O) groups excluding carboxylic acids is 2. The summed E-state index contributed by atoms with van der Waals surface area (Å²) in [6, 6.07) is 11.6. The van der Waals surface area contributed by atoms with Gasteiger partial charge in [-0.15, -0.1) is 0 Å². The molecule has 2 fully saturated rings. The van der Waals surface area contributed by atoms with Crippen molar-refractivity contribution in [2.45, 2.75) is 19.3 Å². The van der Waals surface area contributed by atoms with Crippen LogP contribution in [-0.4, -0.2) is 41.9 Å². The fraction of sp³-hybridized carbons (Fsp3) is 0.375. The molecule has 2 N–H and O–H groups in total. The first-order valence-corrected chi connectivity index (χ1v) is 10.5. The van der Waals surface area contributed by atoms with Crippen LogP contribution in [0.1, 0.15) is 51.4 Å². The van der Waals surface area contributed by atoms with Crippen LogP contribution in [0, 0.1) is 17.8 Å². The molecule has 4 atom stereocenters. The second-order valence-electron chi connectivity index (χ2n) is 8.41. The van der Waals surface area contributed by atoms with Gasteiger partial charge in [-0.25, -0.2) is 4.98 Å². The normalized spacial score (nSPS) is 23.2. The zero-order chi connectivity index (χ0) is 20.8. The van der Waals surface area contributed by atoms with Crippen LogP contribution in [-0.2, 0) is 4.74 Å². The Balaban J connectivity index is 1.49. The van der Waals surface area contributed by atoms with Gasteiger partial charge in [0.05, 0.1) is 13.2 Å². The van der Waals surface area contributed by atoms with E-state index in [1.807, 2.05) is 30.5 Å². The number of pyridine rings is 1. The van der Waals surface area contributed by atoms with E-state index >= 15 is 0 Å². The Morgan fingerprint density at radius 2 is 2.03 bits per heavy atom. The number of H-pyrrole nitrogens is 1. The number of aromatic amines is 1. The van der Waals surface area contributed by atoms with Crippen LogP contribution >= 0.6 is 0 Å². The van der Waals surface area contributed by atoms with Crippen molar-refractivity contribution in [1.82, 2.24) is 15.3 Å². The number of benzene rings is 1. The Labute approximate surface area is 175 Å². The van der Waals surface area contributed by atoms with E-state index in [-0.39, 0.29) is 23.3 Å². The lowest BCUT2D eigenvalue weighted by Crippen LogP contribution is -2.21. The molecule has 2 aromatic heterocycles. The summed E-state index contributed by atoms with van der Waals surface area (Å²) in [5.41, 5.74) is 3.75. The van der Waals surface area contributed by atoms with Crippen molar-refractivity contribution in [3.05, 3.63) is 65.1 Å². The third-order valence-electron chi connectivity index (χ3n) is 6.72. The van der Waals surface area contributed by atoms with Crippen molar-refractivity contribution in [1.29, 1.82) is 0 Å². The molecule has 0 radical (unpaired) electrons. The highest BCUT2D eigenvalue weighted by atomic mass is 16.5. The fourth-order valence-corrected chi connectivity index (χ4v) is 4.82. The van der Waals surface area contributed by atoms with E-state index in [0.29, 0.717) is 29.7 Å². The standard InChI is InChI=1S/C24H25N3O3/c1-13(15-4-3-5-20-16(15)6-7-26-20)21-8-14(9-22(27-21)24(29)25-2)23(28)10-17-18-11-30-12-19(17)18/h3-9,13,17-19,26H,10-12H2,1-2H3,(H,25,29)/t13?,17?,18-,19+. The number of fused-ring (bicyclic) bond motifs is 2. The lowest BCUT2D eigenvalue weighted by molar-refractivity contribution is 0.0950. The molecular formula is C24H25N3O3. The zero-order valence-electron chi connectivity index (χ0n) is 17.1. The highest BCUT2D eigenvalue weighted by Crippen LogP contribution is 2.53. The van der Waals surface area contributed by atoms with Crippen molar-refractivity contribution in [2.24, 2.45) is 17.8 Å². The Hall–Kier alpha value is -2.99. The fourth-order valence-electron chi connectivity index (χ4n) is 4.82. The molecule has 3 heterocycles. The molecule has 2 aliphatic rings. The minimum atomic E-state index is -0.283. The Bertz CT molecular complexity index is 1130. The van der Waals surface area contributed by atoms with Gasteiger partial charge in [-0.1, -0.05) is 19.1 Å². The van der Waals surface area contributed by atoms with Gasteiger partial charge < -0.3 is 15.0 Å². The average molecular weight is 403 g/mol. The second kappa shape index (κ2) is 7.36. The van der Waals surface area contributed by atoms with Crippen molar-refractivity contribution in [2.75, 3.05) is 20.3 Å². The van der Waals surface area contributed by atoms with Gasteiger partial charge >= 0.3 is 0 Å². The van der Waals surface area contributed by atoms with E-state index in [9.17, 15) is 9.59 Å². The molecular weight excluding hydrogens is 378 g/mol. The number of nitrogens with zero attached hydrogens (tertiary/aromatic N) is 1. The first-order valence-electron chi connectivity index (χ1n) is 10.5. The van der Waals surface area contributed by atoms with Gasteiger partial charge in [0.2, 0.25) is 0 Å². The van der Waals surface area contributed by atoms with Crippen LogP contribution < -0.4 is 5.32 Å². The van der Waals surface area contributed by atoms with E-state index in [0.717, 1.165) is 35.4 Å². The molecule has 2 unspecified atom stereocenters. The summed E-state index contributed by atoms with van der Waals surface area (Å²) in [6.45, 7) is 3.60. The minimum absolute atomic E-state index is 0.0608. The van der Waals surface area contributed by atoms with E-state index in [4.69, 9.17) is 4.74 Å². The highest BCUT2D eigenvalue weighted by molar-refractivity contribution is 6.00. The maximum Gasteiger partial charge on any atom is 0.269 e. The van der Waals surface area contributed by atoms with E-state index < -0.39 is 0 Å². The topological polar surface area (TPSA) is 84.1 Å². The highest BCUT2D eigenvalue weighted by Gasteiger charge is 2.54. The molecule has 1 amide bonds. The van der Waals surface area contributed by atoms with Crippen LogP contribution in [0.4, 0.5) is 0 Å². The number of Topliss-reactive ketones (excluding diaryl/α,β-unsaturated/α-hetero) is 1. The van der Waals surface area contributed by atoms with Gasteiger partial charge in [0.1, 0.15) is 5.69 Å². The smallest absolute Gasteiger partial charge is 0.269 e. The molecule has 0 spiro atoms. The van der Waals surface area contributed by atoms with Crippen LogP contribution in [0.25, 0.3) is 10.9 Å². The third kappa shape index (κ3) is 3.21. The molecule has 30 heavy (non-hydrogen) atoms. The molecule has 3 aromatic rings. The summed E-state index contributed by atoms with van der Waals surface area (Å²) in [6.07, 6.45) is 2.43. The molecule has 1 saturated carbocycles. The first-order chi connectivity index (χ1) is 14.6. The monoisotopic (exact) mass is 403 g/mol. The predicted molar refractivity (Wildman–Crippen MR) is 114 cm³/mol. The molecule has 1 aromatic carbocycles. The van der Waals surface area contributed by atoms with Crippen molar-refractivity contribution < 1.29 is 14.3 Å². The summed E-state index contributed by atoms with van der Waals surface area (Å²) in [5.74, 6) is 1.20. The van der Waals surface area contributed by atoms with E-state index in [1.165, 1.54) is 0 Å². The second-order valence-corrected chi connectivity index (χ2v) is 8.41. The van der Waals surface area contributed by atoms with Gasteiger partial charge in [0.25, 0.3) is 5.91 Å². The van der Waals surface area contributed by atoms with Gasteiger partial charge in [0, 0.05) is 47.7 Å². The lowest BCUT2D eigenvalue weighted by atomic mass is 9.92. The van der Waals surface area contributed by atoms with Gasteiger partial charge in [-0.2, -0.15) is 0 Å². The summed E-state index contributed by atoms with van der Waals surface area (Å²) in [4.78, 5) is 33.3. The maximum absolute atomic E-state index is 13.1. The van der Waals surface area contributed by atoms with Crippen LogP contribution in [0.5, 0.6) is 0 Å². The number of ether oxygens (including phenoxy) is 1. The Morgan fingerprint density at radius 1 is 1.23 bits per heavy atom. The van der Waals surface area contributed by atoms with Crippen LogP contribution in [0.3, 0.4) is 0 Å². The number of ketones is 1. The lowest BCUT2D eigenvalue weighted by Gasteiger charge is -2.16. The molecule has 6 nitrogen and oxygen atoms in total. The van der Waals surface area contributed by atoms with Crippen LogP contribution in [0.15, 0.2) is 42.6 Å². The molecule has 5 rings (SSSR count). The molecule has 1 saturated heterocycles. The number of aromatic nitrogens is 2. The summed E-state index contributed by atoms with van der Waals surface area (Å²) >= 11 is 0. The van der Waals surface area contributed by atoms with E-state index in [1.54, 1.807) is 13.1 Å². The summed E-state index contributed by atoms with van der Waals surface area (Å²) in [5, 5.41) is 3.75. The van der Waals surface area contributed by atoms with Gasteiger partial charge in [-0.05, 0) is 47.6 Å². The Morgan fingerprint density at radius 3 is 2.80 bits per heavy atom. The largest absolute Gasteiger partial charge is 0.381 e. The number of hydrogen-bond acceptors (Lipinski definition) is 4. The number of amides is 1. The molecule has 154 valence electrons. The number of hydrogen-bond donors (Lipinski definition) is 2. The Kier molecular flexibility index (Phi) is 4.66. The average Bonchev–Trinajstić information content (AvgIpc) is 3.16. The van der Waals surface area contributed by atoms with E-state index in [2.05, 4.69) is 28.3 Å². The number of nitrogens with one attached hydrogen (secondary N) is 2. The van der Waals surface area contributed by atoms with Gasteiger partial charge in [-0.3, -0.25) is 9.59 Å². The molecule has 6 heteroatoms. The maximum atomic E-state index is 13.1. The predicted octanol–water partition coefficient (Wildman–Crippen LogP) is 3.54. The van der Waals surface area contributed by atoms with Crippen LogP contribution in [0.2, 0.25) is 0 Å². The van der Waals surface area contributed by atoms with Crippen molar-refractivity contribution in [3.8, 4) is 0 Å². The zero-order valence-corrected chi connectivity index (χ0v) is 17.1. The van der Waals surface area contributed by atoms with Crippen molar-refractivity contribution >= 4 is 22.6 Å². The molecule has 1 aliphatic carbocycles. The molecule has 1 aliphatic heterocycles. The third-order valence-corrected chi connectivity index (χ3v) is 6.72. The summed E-state index contributed by atoms with van der Waals surface area (Å²) in [7, 11) is 1.58. The molecule has 0 bridgehead atoms. The van der Waals surface area contributed by atoms with Gasteiger partial charge in [0.15, 0.2) is 5.78 Å². The first kappa shape index (κ1) is 19.0.